The number of ketones is 1. The van der Waals surface area contributed by atoms with E-state index in [0.717, 1.165) is 12.2 Å². The van der Waals surface area contributed by atoms with Crippen molar-refractivity contribution in [3.05, 3.63) is 11.3 Å². The van der Waals surface area contributed by atoms with Crippen LogP contribution in [0.25, 0.3) is 0 Å². The Morgan fingerprint density at radius 2 is 2.10 bits per heavy atom. The minimum Gasteiger partial charge on any atom is -0.481 e. The number of hydrogen-bond acceptors (Lipinski definition) is 3. The summed E-state index contributed by atoms with van der Waals surface area (Å²) in [6.45, 7) is 2.93. The highest BCUT2D eigenvalue weighted by Crippen LogP contribution is 2.40. The number of hydrogen-bond donors (Lipinski definition) is 1. The Morgan fingerprint density at radius 1 is 1.40 bits per heavy atom. The molecule has 2 aliphatic carbocycles. The fourth-order valence-electron chi connectivity index (χ4n) is 3.24. The van der Waals surface area contributed by atoms with Crippen molar-refractivity contribution in [3.8, 4) is 0 Å². The second-order valence-corrected chi connectivity index (χ2v) is 6.43. The molecular weight excluding hydrogens is 261 g/mol. The topological polar surface area (TPSA) is 57.6 Å². The predicted octanol–water partition coefficient (Wildman–Crippen LogP) is 2.00. The second kappa shape index (κ2) is 4.86. The molecule has 1 fully saturated rings. The lowest BCUT2D eigenvalue weighted by molar-refractivity contribution is -0.146. The molecule has 0 aromatic heterocycles. The van der Waals surface area contributed by atoms with E-state index in [-0.39, 0.29) is 24.7 Å². The zero-order chi connectivity index (χ0) is 14.4. The Bertz CT molecular complexity index is 484. The summed E-state index contributed by atoms with van der Waals surface area (Å²) in [5, 5.41) is 9.22. The van der Waals surface area contributed by atoms with Gasteiger partial charge in [-0.3, -0.25) is 9.59 Å². The van der Waals surface area contributed by atoms with E-state index < -0.39 is 18.1 Å². The summed E-state index contributed by atoms with van der Waals surface area (Å²) in [7, 11) is 0. The molecular formula is C15H20FNO3. The molecule has 4 nitrogen and oxygen atoms in total. The van der Waals surface area contributed by atoms with Gasteiger partial charge in [0.25, 0.3) is 0 Å². The largest absolute Gasteiger partial charge is 0.481 e. The average molecular weight is 281 g/mol. The van der Waals surface area contributed by atoms with E-state index in [1.54, 1.807) is 0 Å². The lowest BCUT2D eigenvalue weighted by Crippen LogP contribution is -2.46. The van der Waals surface area contributed by atoms with Gasteiger partial charge < -0.3 is 10.0 Å². The standard InChI is InChI=1S/C15H20FNO3/c1-8-4-13-10(5-12(8)16)14(18)11(15(19)20)7-17(13)6-9-2-3-9/h8-9,11-12H,2-7H2,1H3,(H,19,20). The smallest absolute Gasteiger partial charge is 0.316 e. The fraction of sp³-hybridized carbons (Fsp3) is 0.733. The van der Waals surface area contributed by atoms with Gasteiger partial charge in [-0.1, -0.05) is 6.92 Å². The van der Waals surface area contributed by atoms with Crippen molar-refractivity contribution in [2.24, 2.45) is 17.8 Å². The number of Topliss-reactive ketones (excluding diaryl/α,β-unsaturated/α-hetero) is 1. The summed E-state index contributed by atoms with van der Waals surface area (Å²) in [4.78, 5) is 25.6. The first-order chi connectivity index (χ1) is 9.47. The summed E-state index contributed by atoms with van der Waals surface area (Å²) < 4.78 is 13.9. The van der Waals surface area contributed by atoms with Gasteiger partial charge in [-0.05, 0) is 31.1 Å². The van der Waals surface area contributed by atoms with Crippen LogP contribution in [-0.2, 0) is 9.59 Å². The van der Waals surface area contributed by atoms with Crippen molar-refractivity contribution in [3.63, 3.8) is 0 Å². The van der Waals surface area contributed by atoms with Crippen molar-refractivity contribution in [2.75, 3.05) is 13.1 Å². The molecule has 110 valence electrons. The normalized spacial score (nSPS) is 34.2. The third-order valence-electron chi connectivity index (χ3n) is 4.75. The van der Waals surface area contributed by atoms with Gasteiger partial charge in [0.1, 0.15) is 12.1 Å². The maximum absolute atomic E-state index is 13.9. The molecule has 0 aromatic rings. The Kier molecular flexibility index (Phi) is 3.30. The molecule has 5 heteroatoms. The molecule has 3 rings (SSSR count). The highest BCUT2D eigenvalue weighted by atomic mass is 19.1. The molecule has 3 unspecified atom stereocenters. The van der Waals surface area contributed by atoms with Gasteiger partial charge >= 0.3 is 5.97 Å². The van der Waals surface area contributed by atoms with E-state index in [1.165, 1.54) is 12.8 Å². The van der Waals surface area contributed by atoms with Crippen molar-refractivity contribution in [1.82, 2.24) is 4.90 Å². The van der Waals surface area contributed by atoms with Crippen molar-refractivity contribution in [1.29, 1.82) is 0 Å². The molecule has 0 radical (unpaired) electrons. The summed E-state index contributed by atoms with van der Waals surface area (Å²) in [5.74, 6) is -1.95. The van der Waals surface area contributed by atoms with Gasteiger partial charge in [-0.25, -0.2) is 4.39 Å². The zero-order valence-corrected chi connectivity index (χ0v) is 11.6. The number of alkyl halides is 1. The Labute approximate surface area is 117 Å². The van der Waals surface area contributed by atoms with Crippen LogP contribution >= 0.6 is 0 Å². The molecule has 3 atom stereocenters. The van der Waals surface area contributed by atoms with E-state index in [1.807, 2.05) is 6.92 Å². The lowest BCUT2D eigenvalue weighted by atomic mass is 9.79. The van der Waals surface area contributed by atoms with Gasteiger partial charge in [0.2, 0.25) is 0 Å². The van der Waals surface area contributed by atoms with Crippen LogP contribution in [0.15, 0.2) is 11.3 Å². The SMILES string of the molecule is CC1CC2=C(CC1F)C(=O)C(C(=O)O)CN2CC1CC1. The molecule has 0 bridgehead atoms. The molecule has 0 aromatic carbocycles. The van der Waals surface area contributed by atoms with Crippen LogP contribution in [0.1, 0.15) is 32.6 Å². The lowest BCUT2D eigenvalue weighted by Gasteiger charge is -2.40. The molecule has 1 N–H and O–H groups in total. The summed E-state index contributed by atoms with van der Waals surface area (Å²) in [6, 6.07) is 0. The Hall–Kier alpha value is -1.39. The van der Waals surface area contributed by atoms with Crippen LogP contribution < -0.4 is 0 Å². The highest BCUT2D eigenvalue weighted by Gasteiger charge is 2.43. The first-order valence-corrected chi connectivity index (χ1v) is 7.35. The fourth-order valence-corrected chi connectivity index (χ4v) is 3.24. The second-order valence-electron chi connectivity index (χ2n) is 6.43. The molecule has 3 aliphatic rings. The number of allylic oxidation sites excluding steroid dienone is 2. The van der Waals surface area contributed by atoms with Crippen LogP contribution in [0.3, 0.4) is 0 Å². The number of carboxylic acids is 1. The zero-order valence-electron chi connectivity index (χ0n) is 11.6. The van der Waals surface area contributed by atoms with Gasteiger partial charge in [-0.15, -0.1) is 0 Å². The maximum atomic E-state index is 13.9. The Morgan fingerprint density at radius 3 is 2.70 bits per heavy atom. The van der Waals surface area contributed by atoms with E-state index in [9.17, 15) is 19.1 Å². The van der Waals surface area contributed by atoms with E-state index >= 15 is 0 Å². The third kappa shape index (κ3) is 2.34. The minimum absolute atomic E-state index is 0.0836. The molecule has 0 amide bonds. The summed E-state index contributed by atoms with van der Waals surface area (Å²) >= 11 is 0. The molecule has 0 saturated heterocycles. The number of nitrogens with zero attached hydrogens (tertiary/aromatic N) is 1. The number of carbonyl (C=O) groups excluding carboxylic acids is 1. The third-order valence-corrected chi connectivity index (χ3v) is 4.75. The van der Waals surface area contributed by atoms with Gasteiger partial charge in [0.15, 0.2) is 5.78 Å². The number of halogens is 1. The molecule has 1 saturated carbocycles. The molecule has 0 spiro atoms. The molecule has 1 aliphatic heterocycles. The quantitative estimate of drug-likeness (QED) is 0.804. The minimum atomic E-state index is -1.09. The van der Waals surface area contributed by atoms with Crippen LogP contribution in [0, 0.1) is 17.8 Å². The predicted molar refractivity (Wildman–Crippen MR) is 70.7 cm³/mol. The van der Waals surface area contributed by atoms with E-state index in [4.69, 9.17) is 0 Å². The van der Waals surface area contributed by atoms with Crippen molar-refractivity contribution >= 4 is 11.8 Å². The number of carboxylic acid groups (broad SMARTS) is 1. The Balaban J connectivity index is 1.92. The van der Waals surface area contributed by atoms with Crippen LogP contribution in [-0.4, -0.2) is 41.0 Å². The summed E-state index contributed by atoms with van der Waals surface area (Å²) in [5.41, 5.74) is 1.36. The summed E-state index contributed by atoms with van der Waals surface area (Å²) in [6.07, 6.45) is 1.95. The van der Waals surface area contributed by atoms with E-state index in [0.29, 0.717) is 17.9 Å². The van der Waals surface area contributed by atoms with Gasteiger partial charge in [0.05, 0.1) is 0 Å². The first-order valence-electron chi connectivity index (χ1n) is 7.35. The van der Waals surface area contributed by atoms with Gasteiger partial charge in [-0.2, -0.15) is 0 Å². The van der Waals surface area contributed by atoms with Crippen LogP contribution in [0.5, 0.6) is 0 Å². The maximum Gasteiger partial charge on any atom is 0.316 e. The monoisotopic (exact) mass is 281 g/mol. The van der Waals surface area contributed by atoms with E-state index in [2.05, 4.69) is 4.90 Å². The highest BCUT2D eigenvalue weighted by molar-refractivity contribution is 6.09. The number of carbonyl (C=O) groups is 2. The first kappa shape index (κ1) is 13.6. The van der Waals surface area contributed by atoms with Crippen LogP contribution in [0.2, 0.25) is 0 Å². The molecule has 20 heavy (non-hydrogen) atoms. The average Bonchev–Trinajstić information content (AvgIpc) is 3.19. The van der Waals surface area contributed by atoms with Gasteiger partial charge in [0, 0.05) is 30.8 Å². The van der Waals surface area contributed by atoms with Crippen LogP contribution in [0.4, 0.5) is 4.39 Å². The molecule has 1 heterocycles. The number of rotatable bonds is 3. The van der Waals surface area contributed by atoms with Crippen molar-refractivity contribution < 1.29 is 19.1 Å². The number of aliphatic carboxylic acids is 1. The van der Waals surface area contributed by atoms with Crippen molar-refractivity contribution in [2.45, 2.75) is 38.8 Å².